The zero-order valence-electron chi connectivity index (χ0n) is 29.3. The van der Waals surface area contributed by atoms with Crippen LogP contribution in [0.15, 0.2) is 54.6 Å². The van der Waals surface area contributed by atoms with Gasteiger partial charge in [-0.1, -0.05) is 23.7 Å². The number of carbonyl (C=O) groups excluding carboxylic acids is 2. The third kappa shape index (κ3) is 7.47. The van der Waals surface area contributed by atoms with Crippen LogP contribution < -0.4 is 10.1 Å². The summed E-state index contributed by atoms with van der Waals surface area (Å²) in [5.41, 5.74) is 3.36. The highest BCUT2D eigenvalue weighted by atomic mass is 35.5. The van der Waals surface area contributed by atoms with Crippen LogP contribution >= 0.6 is 11.6 Å². The van der Waals surface area contributed by atoms with E-state index in [1.807, 2.05) is 18.2 Å². The SMILES string of the molecule is O=C(NCC(=O)N1C2CCC(C2)[C@H]1C(=O)O)c1ccc2c(c1)nc(CN1CCC(c3cccc(OCc4ccc(Cl)cc4F)n3)CC1)n2C[C@@H]1CCO1. The normalized spacial score (nSPS) is 22.9. The first-order chi connectivity index (χ1) is 25.7. The third-order valence-electron chi connectivity index (χ3n) is 11.3. The van der Waals surface area contributed by atoms with Crippen LogP contribution in [0, 0.1) is 11.7 Å². The molecule has 0 radical (unpaired) electrons. The summed E-state index contributed by atoms with van der Waals surface area (Å²) in [5, 5.41) is 12.8. The van der Waals surface area contributed by atoms with Gasteiger partial charge in [-0.3, -0.25) is 14.5 Å². The van der Waals surface area contributed by atoms with E-state index in [0.717, 1.165) is 68.8 Å². The Labute approximate surface area is 311 Å². The number of carbonyl (C=O) groups is 3. The van der Waals surface area contributed by atoms with Crippen LogP contribution in [0.1, 0.15) is 71.9 Å². The summed E-state index contributed by atoms with van der Waals surface area (Å²) >= 11 is 5.88. The van der Waals surface area contributed by atoms with E-state index >= 15 is 0 Å². The summed E-state index contributed by atoms with van der Waals surface area (Å²) in [4.78, 5) is 51.8. The number of carboxylic acids is 1. The maximum absolute atomic E-state index is 14.2. The molecule has 278 valence electrons. The van der Waals surface area contributed by atoms with Gasteiger partial charge in [-0.15, -0.1) is 0 Å². The molecule has 2 amide bonds. The summed E-state index contributed by atoms with van der Waals surface area (Å²) in [5.74, 6) is -0.571. The molecule has 5 heterocycles. The molecular weight excluding hydrogens is 703 g/mol. The van der Waals surface area contributed by atoms with Crippen LogP contribution in [0.3, 0.4) is 0 Å². The highest BCUT2D eigenvalue weighted by Crippen LogP contribution is 2.42. The van der Waals surface area contributed by atoms with Gasteiger partial charge in [0.2, 0.25) is 11.8 Å². The maximum Gasteiger partial charge on any atom is 0.326 e. The second-order valence-electron chi connectivity index (χ2n) is 14.6. The Kier molecular flexibility index (Phi) is 10.1. The molecule has 0 spiro atoms. The number of imidazole rings is 1. The van der Waals surface area contributed by atoms with Crippen molar-refractivity contribution in [3.05, 3.63) is 88.1 Å². The predicted molar refractivity (Wildman–Crippen MR) is 193 cm³/mol. The monoisotopic (exact) mass is 744 g/mol. The fraction of sp³-hybridized carbons (Fsp3) is 0.462. The quantitative estimate of drug-likeness (QED) is 0.201. The van der Waals surface area contributed by atoms with Gasteiger partial charge in [-0.2, -0.15) is 0 Å². The molecule has 8 rings (SSSR count). The lowest BCUT2D eigenvalue weighted by Gasteiger charge is -2.32. The molecule has 14 heteroatoms. The highest BCUT2D eigenvalue weighted by Gasteiger charge is 2.51. The van der Waals surface area contributed by atoms with E-state index in [4.69, 9.17) is 31.0 Å². The number of carboxylic acid groups (broad SMARTS) is 1. The van der Waals surface area contributed by atoms with Gasteiger partial charge in [-0.05, 0) is 93.9 Å². The van der Waals surface area contributed by atoms with E-state index in [9.17, 15) is 23.9 Å². The number of halogens is 2. The zero-order valence-corrected chi connectivity index (χ0v) is 30.0. The Morgan fingerprint density at radius 2 is 1.85 bits per heavy atom. The number of nitrogens with zero attached hydrogens (tertiary/aromatic N) is 5. The fourth-order valence-corrected chi connectivity index (χ4v) is 8.57. The number of pyridine rings is 1. The Morgan fingerprint density at radius 3 is 2.60 bits per heavy atom. The van der Waals surface area contributed by atoms with Gasteiger partial charge in [0.25, 0.3) is 5.91 Å². The molecule has 4 aliphatic rings. The first-order valence-corrected chi connectivity index (χ1v) is 18.8. The first-order valence-electron chi connectivity index (χ1n) is 18.4. The number of amides is 2. The van der Waals surface area contributed by atoms with E-state index in [2.05, 4.69) is 14.8 Å². The fourth-order valence-electron chi connectivity index (χ4n) is 8.41. The largest absolute Gasteiger partial charge is 0.480 e. The van der Waals surface area contributed by atoms with Crippen LogP contribution in [0.25, 0.3) is 11.0 Å². The smallest absolute Gasteiger partial charge is 0.326 e. The molecule has 2 unspecified atom stereocenters. The molecule has 3 saturated heterocycles. The van der Waals surface area contributed by atoms with Crippen LogP contribution in [-0.4, -0.2) is 91.7 Å². The lowest BCUT2D eigenvalue weighted by atomic mass is 9.93. The maximum atomic E-state index is 14.2. The number of hydrogen-bond donors (Lipinski definition) is 2. The Balaban J connectivity index is 0.903. The van der Waals surface area contributed by atoms with Gasteiger partial charge >= 0.3 is 5.97 Å². The van der Waals surface area contributed by atoms with Crippen LogP contribution in [0.4, 0.5) is 4.39 Å². The van der Waals surface area contributed by atoms with Crippen molar-refractivity contribution >= 4 is 40.4 Å². The summed E-state index contributed by atoms with van der Waals surface area (Å²) in [6, 6.07) is 14.7. The van der Waals surface area contributed by atoms with E-state index in [-0.39, 0.29) is 43.0 Å². The zero-order chi connectivity index (χ0) is 36.6. The minimum Gasteiger partial charge on any atom is -0.480 e. The van der Waals surface area contributed by atoms with Gasteiger partial charge in [-0.25, -0.2) is 19.2 Å². The number of hydrogen-bond acceptors (Lipinski definition) is 8. The molecule has 4 aromatic rings. The van der Waals surface area contributed by atoms with Crippen molar-refractivity contribution in [2.24, 2.45) is 5.92 Å². The summed E-state index contributed by atoms with van der Waals surface area (Å²) in [7, 11) is 0. The van der Waals surface area contributed by atoms with E-state index < -0.39 is 23.7 Å². The van der Waals surface area contributed by atoms with Crippen LogP contribution in [0.2, 0.25) is 5.02 Å². The minimum absolute atomic E-state index is 0.0179. The topological polar surface area (TPSA) is 139 Å². The van der Waals surface area contributed by atoms with E-state index in [0.29, 0.717) is 47.1 Å². The van der Waals surface area contributed by atoms with Crippen LogP contribution in [0.5, 0.6) is 5.88 Å². The molecule has 2 aromatic heterocycles. The number of nitrogens with one attached hydrogen (secondary N) is 1. The Bertz CT molecular complexity index is 2030. The summed E-state index contributed by atoms with van der Waals surface area (Å²) in [6.45, 7) is 3.55. The number of piperidine rings is 2. The average molecular weight is 745 g/mol. The molecule has 4 fully saturated rings. The number of aromatic nitrogens is 3. The number of rotatable bonds is 12. The molecule has 2 aromatic carbocycles. The van der Waals surface area contributed by atoms with Crippen LogP contribution in [-0.2, 0) is 34.0 Å². The number of aliphatic carboxylic acids is 1. The molecule has 1 aliphatic carbocycles. The Morgan fingerprint density at radius 1 is 1.02 bits per heavy atom. The van der Waals surface area contributed by atoms with Crippen molar-refractivity contribution in [1.29, 1.82) is 0 Å². The average Bonchev–Trinajstić information content (AvgIpc) is 3.85. The second kappa shape index (κ2) is 15.0. The van der Waals surface area contributed by atoms with Crippen molar-refractivity contribution in [2.75, 3.05) is 26.2 Å². The number of likely N-dealkylation sites (tertiary alicyclic amines) is 2. The lowest BCUT2D eigenvalue weighted by molar-refractivity contribution is -0.152. The molecular formula is C39H42ClFN6O6. The standard InChI is InChI=1S/C39H42ClFN6O6/c40-27-7-4-26(30(41)18-27)22-53-35-3-1-2-31(44-35)23-10-13-45(14-11-23)21-34-43-32-17-25(6-9-33(32)46(34)20-29-12-15-52-29)38(49)42-19-36(48)47-28-8-5-24(16-28)37(47)39(50)51/h1-4,6-7,9,17-18,23-24,28-29,37H,5,8,10-16,19-22H2,(H,42,49)(H,50,51)/t24?,28?,29-,37-/m0/s1. The first kappa shape index (κ1) is 35.4. The summed E-state index contributed by atoms with van der Waals surface area (Å²) in [6.07, 6.45) is 5.23. The Hall–Kier alpha value is -4.59. The number of fused-ring (bicyclic) bond motifs is 3. The van der Waals surface area contributed by atoms with Crippen molar-refractivity contribution in [1.82, 2.24) is 29.7 Å². The minimum atomic E-state index is -0.982. The van der Waals surface area contributed by atoms with Gasteiger partial charge in [0.05, 0.1) is 36.8 Å². The molecule has 2 N–H and O–H groups in total. The van der Waals surface area contributed by atoms with Gasteiger partial charge in [0.1, 0.15) is 24.3 Å². The lowest BCUT2D eigenvalue weighted by Crippen LogP contribution is -2.52. The molecule has 4 atom stereocenters. The van der Waals surface area contributed by atoms with Gasteiger partial charge in [0.15, 0.2) is 0 Å². The van der Waals surface area contributed by atoms with Crippen molar-refractivity contribution in [3.63, 3.8) is 0 Å². The van der Waals surface area contributed by atoms with Gasteiger partial charge in [0, 0.05) is 46.5 Å². The summed E-state index contributed by atoms with van der Waals surface area (Å²) < 4.78 is 28.0. The highest BCUT2D eigenvalue weighted by molar-refractivity contribution is 6.30. The molecule has 12 nitrogen and oxygen atoms in total. The molecule has 3 aliphatic heterocycles. The number of ether oxygens (including phenoxy) is 2. The predicted octanol–water partition coefficient (Wildman–Crippen LogP) is 5.17. The van der Waals surface area contributed by atoms with Gasteiger partial charge < -0.3 is 29.4 Å². The van der Waals surface area contributed by atoms with Crippen molar-refractivity contribution in [2.45, 2.75) is 82.3 Å². The van der Waals surface area contributed by atoms with Crippen molar-refractivity contribution < 1.29 is 33.4 Å². The van der Waals surface area contributed by atoms with E-state index in [1.54, 1.807) is 30.3 Å². The van der Waals surface area contributed by atoms with E-state index in [1.165, 1.54) is 11.0 Å². The van der Waals surface area contributed by atoms with Crippen molar-refractivity contribution in [3.8, 4) is 5.88 Å². The third-order valence-corrected chi connectivity index (χ3v) is 11.5. The number of benzene rings is 2. The second-order valence-corrected chi connectivity index (χ2v) is 15.0. The molecule has 1 saturated carbocycles. The molecule has 53 heavy (non-hydrogen) atoms. The molecule has 2 bridgehead atoms.